The number of hydrogen-bond acceptors (Lipinski definition) is 6. The summed E-state index contributed by atoms with van der Waals surface area (Å²) >= 11 is 1.46. The van der Waals surface area contributed by atoms with E-state index in [1.54, 1.807) is 31.4 Å². The van der Waals surface area contributed by atoms with E-state index in [-0.39, 0.29) is 29.8 Å². The van der Waals surface area contributed by atoms with E-state index < -0.39 is 10.0 Å². The number of carbonyl (C=O) groups excluding carboxylic acids is 1. The maximum Gasteiger partial charge on any atom is 0.251 e. The van der Waals surface area contributed by atoms with Gasteiger partial charge in [0, 0.05) is 26.1 Å². The van der Waals surface area contributed by atoms with Crippen molar-refractivity contribution in [2.75, 3.05) is 27.3 Å². The second kappa shape index (κ2) is 9.28. The number of aromatic nitrogens is 1. The Balaban J connectivity index is 1.51. The van der Waals surface area contributed by atoms with Gasteiger partial charge in [-0.05, 0) is 55.7 Å². The maximum atomic E-state index is 13.0. The molecule has 4 rings (SSSR count). The summed E-state index contributed by atoms with van der Waals surface area (Å²) in [4.78, 5) is 18.2. The van der Waals surface area contributed by atoms with Gasteiger partial charge in [-0.25, -0.2) is 8.42 Å². The predicted octanol–water partition coefficient (Wildman–Crippen LogP) is 3.09. The van der Waals surface area contributed by atoms with E-state index in [2.05, 4.69) is 4.99 Å². The zero-order valence-corrected chi connectivity index (χ0v) is 20.7. The molecule has 2 aromatic carbocycles. The van der Waals surface area contributed by atoms with Gasteiger partial charge >= 0.3 is 0 Å². The lowest BCUT2D eigenvalue weighted by atomic mass is 9.98. The van der Waals surface area contributed by atoms with E-state index in [4.69, 9.17) is 9.47 Å². The van der Waals surface area contributed by atoms with Crippen LogP contribution < -0.4 is 14.3 Å². The highest BCUT2D eigenvalue weighted by atomic mass is 32.2. The number of rotatable bonds is 5. The molecule has 10 heteroatoms. The van der Waals surface area contributed by atoms with E-state index in [0.29, 0.717) is 23.4 Å². The molecule has 1 fully saturated rings. The minimum absolute atomic E-state index is 0.213. The number of ether oxygens (including phenoxy) is 2. The zero-order chi connectivity index (χ0) is 23.8. The minimum Gasteiger partial charge on any atom is -0.497 e. The SMILES string of the molecule is COc1ccc(S(=O)(=O)N2CCC(C(=O)N=c3sc4c(C)ccc(OC)c4n3C)CC2)cc1. The van der Waals surface area contributed by atoms with Gasteiger partial charge in [0.2, 0.25) is 10.0 Å². The molecule has 0 spiro atoms. The third-order valence-electron chi connectivity index (χ3n) is 6.03. The standard InChI is InChI=1S/C23H27N3O5S2/c1-15-5-10-19(31-4)20-21(15)32-23(25(20)2)24-22(27)16-11-13-26(14-12-16)33(28,29)18-8-6-17(30-3)7-9-18/h5-10,16H,11-14H2,1-4H3. The molecule has 1 aliphatic rings. The summed E-state index contributed by atoms with van der Waals surface area (Å²) in [5, 5.41) is 0. The molecular formula is C23H27N3O5S2. The number of methoxy groups -OCH3 is 2. The van der Waals surface area contributed by atoms with E-state index >= 15 is 0 Å². The lowest BCUT2D eigenvalue weighted by Gasteiger charge is -2.29. The first-order valence-corrected chi connectivity index (χ1v) is 12.9. The van der Waals surface area contributed by atoms with E-state index in [0.717, 1.165) is 21.5 Å². The number of carbonyl (C=O) groups is 1. The third kappa shape index (κ3) is 4.42. The van der Waals surface area contributed by atoms with Crippen LogP contribution in [0.2, 0.25) is 0 Å². The molecule has 2 heterocycles. The summed E-state index contributed by atoms with van der Waals surface area (Å²) in [7, 11) is 1.42. The summed E-state index contributed by atoms with van der Waals surface area (Å²) in [6, 6.07) is 10.2. The first kappa shape index (κ1) is 23.5. The van der Waals surface area contributed by atoms with Crippen molar-refractivity contribution in [1.29, 1.82) is 0 Å². The Hall–Kier alpha value is -2.69. The Morgan fingerprint density at radius 2 is 1.73 bits per heavy atom. The monoisotopic (exact) mass is 489 g/mol. The number of amides is 1. The Morgan fingerprint density at radius 1 is 1.06 bits per heavy atom. The molecule has 1 saturated heterocycles. The molecule has 1 aliphatic heterocycles. The average Bonchev–Trinajstić information content (AvgIpc) is 3.16. The Bertz CT molecular complexity index is 1350. The lowest BCUT2D eigenvalue weighted by Crippen LogP contribution is -2.40. The Labute approximate surface area is 197 Å². The highest BCUT2D eigenvalue weighted by Gasteiger charge is 2.32. The molecule has 3 aromatic rings. The summed E-state index contributed by atoms with van der Waals surface area (Å²) in [6.45, 7) is 2.58. The van der Waals surface area contributed by atoms with E-state index in [9.17, 15) is 13.2 Å². The molecule has 8 nitrogen and oxygen atoms in total. The number of fused-ring (bicyclic) bond motifs is 1. The lowest BCUT2D eigenvalue weighted by molar-refractivity contribution is -0.122. The topological polar surface area (TPSA) is 90.2 Å². The first-order valence-electron chi connectivity index (χ1n) is 10.6. The van der Waals surface area contributed by atoms with Crippen LogP contribution in [0.15, 0.2) is 46.3 Å². The van der Waals surface area contributed by atoms with Gasteiger partial charge in [0.1, 0.15) is 17.0 Å². The second-order valence-electron chi connectivity index (χ2n) is 8.01. The van der Waals surface area contributed by atoms with Gasteiger partial charge in [-0.2, -0.15) is 9.30 Å². The van der Waals surface area contributed by atoms with Crippen molar-refractivity contribution < 1.29 is 22.7 Å². The van der Waals surface area contributed by atoms with Crippen LogP contribution in [-0.4, -0.2) is 50.5 Å². The van der Waals surface area contributed by atoms with Crippen molar-refractivity contribution >= 4 is 37.5 Å². The summed E-state index contributed by atoms with van der Waals surface area (Å²) in [5.74, 6) is 0.818. The van der Waals surface area contributed by atoms with Crippen LogP contribution in [0.3, 0.4) is 0 Å². The van der Waals surface area contributed by atoms with Gasteiger partial charge in [-0.3, -0.25) is 4.79 Å². The number of hydrogen-bond donors (Lipinski definition) is 0. The van der Waals surface area contributed by atoms with Crippen LogP contribution in [0.4, 0.5) is 0 Å². The number of piperidine rings is 1. The van der Waals surface area contributed by atoms with Gasteiger partial charge in [0.05, 0.1) is 23.8 Å². The first-order chi connectivity index (χ1) is 15.8. The van der Waals surface area contributed by atoms with Crippen LogP contribution >= 0.6 is 11.3 Å². The molecule has 0 unspecified atom stereocenters. The Kier molecular flexibility index (Phi) is 6.60. The zero-order valence-electron chi connectivity index (χ0n) is 19.1. The van der Waals surface area contributed by atoms with E-state index in [1.165, 1.54) is 22.8 Å². The highest BCUT2D eigenvalue weighted by Crippen LogP contribution is 2.30. The molecule has 1 amide bonds. The average molecular weight is 490 g/mol. The molecule has 0 bridgehead atoms. The molecule has 176 valence electrons. The smallest absolute Gasteiger partial charge is 0.251 e. The number of nitrogens with zero attached hydrogens (tertiary/aromatic N) is 3. The Morgan fingerprint density at radius 3 is 2.33 bits per heavy atom. The summed E-state index contributed by atoms with van der Waals surface area (Å²) < 4.78 is 40.8. The quantitative estimate of drug-likeness (QED) is 0.549. The molecule has 0 saturated carbocycles. The maximum absolute atomic E-state index is 13.0. The van der Waals surface area contributed by atoms with Crippen LogP contribution in [0.5, 0.6) is 11.5 Å². The fourth-order valence-electron chi connectivity index (χ4n) is 4.04. The van der Waals surface area contributed by atoms with Gasteiger partial charge in [-0.15, -0.1) is 0 Å². The van der Waals surface area contributed by atoms with Crippen molar-refractivity contribution in [2.45, 2.75) is 24.7 Å². The fourth-order valence-corrected chi connectivity index (χ4v) is 6.62. The third-order valence-corrected chi connectivity index (χ3v) is 9.21. The second-order valence-corrected chi connectivity index (χ2v) is 10.9. The molecule has 33 heavy (non-hydrogen) atoms. The molecule has 0 N–H and O–H groups in total. The molecule has 1 aromatic heterocycles. The number of benzene rings is 2. The van der Waals surface area contributed by atoms with Crippen LogP contribution in [0.25, 0.3) is 10.2 Å². The predicted molar refractivity (Wildman–Crippen MR) is 127 cm³/mol. The van der Waals surface area contributed by atoms with Crippen molar-refractivity contribution in [2.24, 2.45) is 18.0 Å². The number of thiazole rings is 1. The van der Waals surface area contributed by atoms with Gasteiger partial charge in [-0.1, -0.05) is 17.4 Å². The van der Waals surface area contributed by atoms with Crippen LogP contribution in [0, 0.1) is 12.8 Å². The van der Waals surface area contributed by atoms with Gasteiger partial charge in [0.15, 0.2) is 4.80 Å². The van der Waals surface area contributed by atoms with Gasteiger partial charge in [0.25, 0.3) is 5.91 Å². The fraction of sp³-hybridized carbons (Fsp3) is 0.391. The minimum atomic E-state index is -3.61. The highest BCUT2D eigenvalue weighted by molar-refractivity contribution is 7.89. The van der Waals surface area contributed by atoms with Crippen molar-refractivity contribution in [3.63, 3.8) is 0 Å². The van der Waals surface area contributed by atoms with E-state index in [1.807, 2.05) is 30.7 Å². The largest absolute Gasteiger partial charge is 0.497 e. The normalized spacial score (nSPS) is 16.3. The van der Waals surface area contributed by atoms with Crippen molar-refractivity contribution in [3.05, 3.63) is 46.8 Å². The van der Waals surface area contributed by atoms with Crippen molar-refractivity contribution in [1.82, 2.24) is 8.87 Å². The summed E-state index contributed by atoms with van der Waals surface area (Å²) in [5.41, 5.74) is 2.01. The molecular weight excluding hydrogens is 462 g/mol. The number of sulfonamides is 1. The molecule has 0 atom stereocenters. The number of aryl methyl sites for hydroxylation is 2. The van der Waals surface area contributed by atoms with Crippen molar-refractivity contribution in [3.8, 4) is 11.5 Å². The van der Waals surface area contributed by atoms with Crippen LogP contribution in [0.1, 0.15) is 18.4 Å². The van der Waals surface area contributed by atoms with Crippen LogP contribution in [-0.2, 0) is 21.9 Å². The molecule has 0 radical (unpaired) electrons. The van der Waals surface area contributed by atoms with Gasteiger partial charge < -0.3 is 14.0 Å². The molecule has 0 aliphatic carbocycles. The summed E-state index contributed by atoms with van der Waals surface area (Å²) in [6.07, 6.45) is 0.878.